The Hall–Kier alpha value is -2.64. The van der Waals surface area contributed by atoms with Crippen LogP contribution < -0.4 is 37.7 Å². The first-order valence-electron chi connectivity index (χ1n) is 8.24. The van der Waals surface area contributed by atoms with Gasteiger partial charge in [-0.3, -0.25) is 0 Å². The van der Waals surface area contributed by atoms with Crippen LogP contribution in [0.25, 0.3) is 11.3 Å². The molecule has 140 valence electrons. The molecule has 2 amide bonds. The molecule has 3 aromatic rings. The highest BCUT2D eigenvalue weighted by Crippen LogP contribution is 2.23. The van der Waals surface area contributed by atoms with Gasteiger partial charge in [-0.15, -0.1) is 0 Å². The predicted molar refractivity (Wildman–Crippen MR) is 107 cm³/mol. The minimum Gasteiger partial charge on any atom is -1.00 e. The van der Waals surface area contributed by atoms with E-state index in [1.807, 2.05) is 36.4 Å². The maximum atomic E-state index is 12.1. The number of anilines is 2. The molecule has 1 heterocycles. The number of rotatable bonds is 6. The Morgan fingerprint density at radius 2 is 1.85 bits per heavy atom. The molecule has 0 saturated heterocycles. The first-order chi connectivity index (χ1) is 12.7. The van der Waals surface area contributed by atoms with E-state index in [1.165, 1.54) is 16.9 Å². The lowest BCUT2D eigenvalue weighted by Crippen LogP contribution is -3.00. The summed E-state index contributed by atoms with van der Waals surface area (Å²) in [7, 11) is 0. The number of carbonyl (C=O) groups is 1. The molecule has 3 rings (SSSR count). The van der Waals surface area contributed by atoms with Gasteiger partial charge in [0.15, 0.2) is 0 Å². The third-order valence-electron chi connectivity index (χ3n) is 3.79. The first-order valence-corrected chi connectivity index (χ1v) is 9.12. The molecule has 0 saturated carbocycles. The van der Waals surface area contributed by atoms with Crippen LogP contribution in [0.5, 0.6) is 0 Å². The number of aromatic nitrogens is 1. The van der Waals surface area contributed by atoms with E-state index in [4.69, 9.17) is 0 Å². The average Bonchev–Trinajstić information content (AvgIpc) is 3.05. The van der Waals surface area contributed by atoms with Gasteiger partial charge in [-0.1, -0.05) is 72.0 Å². The number of nitrogens with zero attached hydrogens (tertiary/aromatic N) is 1. The van der Waals surface area contributed by atoms with Gasteiger partial charge in [-0.25, -0.2) is 9.36 Å². The first kappa shape index (κ1) is 20.7. The third-order valence-corrected chi connectivity index (χ3v) is 4.68. The Kier molecular flexibility index (Phi) is 7.57. The smallest absolute Gasteiger partial charge is 0.358 e. The fourth-order valence-corrected chi connectivity index (χ4v) is 3.39. The van der Waals surface area contributed by atoms with Crippen molar-refractivity contribution in [3.05, 3.63) is 78.2 Å². The maximum Gasteiger partial charge on any atom is 0.358 e. The second kappa shape index (κ2) is 9.89. The standard InChI is InChI=1S/C20H20N4OS.BrH/c1-3-13-24-18(16-11-9-15(2)10-12-16)14-26-20(24)23-22-19(25)21-17-7-5-4-6-8-17;/h3-12,14H,1,13H2,2H3,(H2,21,22,25);1H. The third kappa shape index (κ3) is 5.42. The van der Waals surface area contributed by atoms with E-state index in [0.29, 0.717) is 6.54 Å². The number of hydrogen-bond donors (Lipinski definition) is 3. The van der Waals surface area contributed by atoms with E-state index in [0.717, 1.165) is 22.1 Å². The summed E-state index contributed by atoms with van der Waals surface area (Å²) < 4.78 is 2.07. The van der Waals surface area contributed by atoms with Crippen molar-refractivity contribution in [2.45, 2.75) is 13.5 Å². The molecule has 0 aliphatic heterocycles. The predicted octanol–water partition coefficient (Wildman–Crippen LogP) is 1.35. The van der Waals surface area contributed by atoms with Gasteiger partial charge in [0, 0.05) is 16.6 Å². The van der Waals surface area contributed by atoms with Gasteiger partial charge in [0.05, 0.1) is 0 Å². The van der Waals surface area contributed by atoms with Crippen molar-refractivity contribution >= 4 is 28.2 Å². The summed E-state index contributed by atoms with van der Waals surface area (Å²) in [6.45, 7) is 6.54. The topological polar surface area (TPSA) is 57.0 Å². The van der Waals surface area contributed by atoms with E-state index >= 15 is 0 Å². The maximum absolute atomic E-state index is 12.1. The Morgan fingerprint density at radius 3 is 2.52 bits per heavy atom. The number of nitrogens with one attached hydrogen (secondary N) is 3. The number of hydrogen-bond acceptors (Lipinski definition) is 3. The Labute approximate surface area is 173 Å². The number of hydrazine groups is 1. The van der Waals surface area contributed by atoms with Crippen molar-refractivity contribution in [2.24, 2.45) is 0 Å². The van der Waals surface area contributed by atoms with Crippen molar-refractivity contribution < 1.29 is 26.3 Å². The summed E-state index contributed by atoms with van der Waals surface area (Å²) in [6, 6.07) is 17.3. The Bertz CT molecular complexity index is 894. The van der Waals surface area contributed by atoms with E-state index in [1.54, 1.807) is 0 Å². The van der Waals surface area contributed by atoms with Gasteiger partial charge in [-0.2, -0.15) is 10.9 Å². The van der Waals surface area contributed by atoms with Crippen LogP contribution in [0.2, 0.25) is 0 Å². The fraction of sp³-hybridized carbons (Fsp3) is 0.100. The highest BCUT2D eigenvalue weighted by Gasteiger charge is 2.19. The summed E-state index contributed by atoms with van der Waals surface area (Å²) >= 11 is 1.53. The van der Waals surface area contributed by atoms with Crippen molar-refractivity contribution in [3.8, 4) is 11.3 Å². The van der Waals surface area contributed by atoms with E-state index in [9.17, 15) is 4.79 Å². The summed E-state index contributed by atoms with van der Waals surface area (Å²) in [5.41, 5.74) is 9.81. The minimum absolute atomic E-state index is 0. The van der Waals surface area contributed by atoms with Crippen LogP contribution in [0.1, 0.15) is 5.56 Å². The molecule has 2 aromatic carbocycles. The molecule has 5 nitrogen and oxygen atoms in total. The number of allylic oxidation sites excluding steroid dienone is 1. The Morgan fingerprint density at radius 1 is 1.15 bits per heavy atom. The van der Waals surface area contributed by atoms with Gasteiger partial charge in [0.25, 0.3) is 0 Å². The van der Waals surface area contributed by atoms with Crippen LogP contribution in [0.15, 0.2) is 72.6 Å². The number of amides is 2. The van der Waals surface area contributed by atoms with Crippen LogP contribution in [-0.4, -0.2) is 6.03 Å². The molecule has 0 unspecified atom stereocenters. The molecule has 7 heteroatoms. The molecule has 0 aliphatic carbocycles. The molecule has 3 N–H and O–H groups in total. The molecular weight excluding hydrogens is 424 g/mol. The normalized spacial score (nSPS) is 9.81. The van der Waals surface area contributed by atoms with Crippen LogP contribution in [0.3, 0.4) is 0 Å². The Balaban J connectivity index is 0.00000261. The molecule has 0 atom stereocenters. The van der Waals surface area contributed by atoms with E-state index in [-0.39, 0.29) is 23.0 Å². The zero-order valence-electron chi connectivity index (χ0n) is 14.9. The molecule has 27 heavy (non-hydrogen) atoms. The molecular formula is C20H21BrN4OS. The average molecular weight is 445 g/mol. The SMILES string of the molecule is C=CC[n+]1c(-c2ccc(C)cc2)csc1NNC(=O)Nc1ccccc1.[Br-]. The summed E-state index contributed by atoms with van der Waals surface area (Å²) in [6.07, 6.45) is 1.83. The van der Waals surface area contributed by atoms with E-state index < -0.39 is 0 Å². The van der Waals surface area contributed by atoms with Gasteiger partial charge < -0.3 is 22.3 Å². The number of urea groups is 1. The number of benzene rings is 2. The molecule has 0 radical (unpaired) electrons. The lowest BCUT2D eigenvalue weighted by molar-refractivity contribution is -0.658. The zero-order chi connectivity index (χ0) is 18.4. The lowest BCUT2D eigenvalue weighted by atomic mass is 10.1. The largest absolute Gasteiger partial charge is 1.00 e. The van der Waals surface area contributed by atoms with Crippen molar-refractivity contribution in [3.63, 3.8) is 0 Å². The second-order valence-corrected chi connectivity index (χ2v) is 6.62. The van der Waals surface area contributed by atoms with Crippen molar-refractivity contribution in [1.29, 1.82) is 0 Å². The monoisotopic (exact) mass is 444 g/mol. The van der Waals surface area contributed by atoms with Crippen molar-refractivity contribution in [1.82, 2.24) is 5.43 Å². The summed E-state index contributed by atoms with van der Waals surface area (Å²) in [5.74, 6) is 0. The lowest BCUT2D eigenvalue weighted by Gasteiger charge is -2.06. The van der Waals surface area contributed by atoms with Gasteiger partial charge in [0.2, 0.25) is 0 Å². The molecule has 0 spiro atoms. The molecule has 0 aliphatic rings. The van der Waals surface area contributed by atoms with Gasteiger partial charge in [-0.05, 0) is 19.1 Å². The van der Waals surface area contributed by atoms with Crippen molar-refractivity contribution in [2.75, 3.05) is 10.7 Å². The summed E-state index contributed by atoms with van der Waals surface area (Å²) in [5, 5.41) is 5.66. The van der Waals surface area contributed by atoms with Crippen LogP contribution in [0, 0.1) is 6.92 Å². The number of thiazole rings is 1. The molecule has 0 bridgehead atoms. The molecule has 0 fully saturated rings. The zero-order valence-corrected chi connectivity index (χ0v) is 17.3. The quantitative estimate of drug-likeness (QED) is 0.305. The molecule has 1 aromatic heterocycles. The number of para-hydroxylation sites is 1. The van der Waals surface area contributed by atoms with Crippen LogP contribution in [0.4, 0.5) is 15.6 Å². The summed E-state index contributed by atoms with van der Waals surface area (Å²) in [4.78, 5) is 12.1. The second-order valence-electron chi connectivity index (χ2n) is 5.76. The highest BCUT2D eigenvalue weighted by atomic mass is 79.9. The fourth-order valence-electron chi connectivity index (χ4n) is 2.50. The van der Waals surface area contributed by atoms with Crippen LogP contribution in [-0.2, 0) is 6.54 Å². The van der Waals surface area contributed by atoms with E-state index in [2.05, 4.69) is 63.9 Å². The minimum atomic E-state index is -0.327. The van der Waals surface area contributed by atoms with Gasteiger partial charge >= 0.3 is 11.2 Å². The highest BCUT2D eigenvalue weighted by molar-refractivity contribution is 7.13. The van der Waals surface area contributed by atoms with Crippen LogP contribution >= 0.6 is 11.3 Å². The number of halogens is 1. The van der Waals surface area contributed by atoms with Gasteiger partial charge in [0.1, 0.15) is 12.2 Å². The number of carbonyl (C=O) groups excluding carboxylic acids is 1. The number of aryl methyl sites for hydroxylation is 1.